The number of hydrazine groups is 1. The fraction of sp³-hybridized carbons (Fsp3) is 0.167. The van der Waals surface area contributed by atoms with Crippen molar-refractivity contribution in [1.29, 1.82) is 0 Å². The number of nitrogens with two attached hydrogens (primary N) is 1. The molecule has 1 aromatic heterocycles. The van der Waals surface area contributed by atoms with Gasteiger partial charge in [0.15, 0.2) is 0 Å². The summed E-state index contributed by atoms with van der Waals surface area (Å²) in [7, 11) is 0. The highest BCUT2D eigenvalue weighted by atomic mass is 15.2. The molecule has 0 amide bonds. The third-order valence-electron chi connectivity index (χ3n) is 3.82. The van der Waals surface area contributed by atoms with Crippen LogP contribution in [0, 0.1) is 0 Å². The smallest absolute Gasteiger partial charge is 0.0705 e. The molecule has 0 saturated carbocycles. The average molecular weight is 277 g/mol. The van der Waals surface area contributed by atoms with Crippen LogP contribution < -0.4 is 11.3 Å². The minimum atomic E-state index is 0.123. The van der Waals surface area contributed by atoms with Gasteiger partial charge in [0.1, 0.15) is 0 Å². The summed E-state index contributed by atoms with van der Waals surface area (Å²) >= 11 is 0. The predicted molar refractivity (Wildman–Crippen MR) is 86.6 cm³/mol. The largest absolute Gasteiger partial charge is 0.271 e. The van der Waals surface area contributed by atoms with E-state index in [0.717, 1.165) is 23.7 Å². The molecule has 3 N–H and O–H groups in total. The van der Waals surface area contributed by atoms with E-state index in [-0.39, 0.29) is 6.04 Å². The number of hydrogen-bond donors (Lipinski definition) is 2. The van der Waals surface area contributed by atoms with Crippen molar-refractivity contribution in [3.8, 4) is 0 Å². The van der Waals surface area contributed by atoms with Crippen molar-refractivity contribution in [1.82, 2.24) is 10.4 Å². The standard InChI is InChI=1S/C18H19N3/c19-21-18(11-10-14-6-2-1-3-7-14)16-12-13-20-17-9-5-4-8-15(16)17/h1-9,12-13,18,21H,10-11,19H2. The Labute approximate surface area is 124 Å². The summed E-state index contributed by atoms with van der Waals surface area (Å²) in [5.74, 6) is 5.79. The first-order valence-electron chi connectivity index (χ1n) is 7.22. The van der Waals surface area contributed by atoms with Gasteiger partial charge in [-0.25, -0.2) is 0 Å². The lowest BCUT2D eigenvalue weighted by Gasteiger charge is -2.18. The van der Waals surface area contributed by atoms with Gasteiger partial charge in [0.05, 0.1) is 5.52 Å². The van der Waals surface area contributed by atoms with E-state index in [4.69, 9.17) is 5.84 Å². The summed E-state index contributed by atoms with van der Waals surface area (Å²) in [5.41, 5.74) is 6.50. The molecule has 0 bridgehead atoms. The van der Waals surface area contributed by atoms with E-state index in [1.54, 1.807) is 0 Å². The summed E-state index contributed by atoms with van der Waals surface area (Å²) < 4.78 is 0. The van der Waals surface area contributed by atoms with Gasteiger partial charge in [-0.1, -0.05) is 48.5 Å². The summed E-state index contributed by atoms with van der Waals surface area (Å²) in [6.45, 7) is 0. The zero-order chi connectivity index (χ0) is 14.5. The molecule has 21 heavy (non-hydrogen) atoms. The summed E-state index contributed by atoms with van der Waals surface area (Å²) in [6, 6.07) is 20.8. The van der Waals surface area contributed by atoms with Gasteiger partial charge < -0.3 is 0 Å². The van der Waals surface area contributed by atoms with Crippen LogP contribution in [-0.2, 0) is 6.42 Å². The van der Waals surface area contributed by atoms with E-state index in [1.807, 2.05) is 30.5 Å². The molecule has 0 saturated heterocycles. The molecule has 3 rings (SSSR count). The Morgan fingerprint density at radius 2 is 1.71 bits per heavy atom. The molecule has 1 heterocycles. The lowest BCUT2D eigenvalue weighted by molar-refractivity contribution is 0.519. The van der Waals surface area contributed by atoms with Gasteiger partial charge in [0.25, 0.3) is 0 Å². The first kappa shape index (κ1) is 13.7. The number of nitrogens with zero attached hydrogens (tertiary/aromatic N) is 1. The zero-order valence-electron chi connectivity index (χ0n) is 11.9. The van der Waals surface area contributed by atoms with Gasteiger partial charge in [-0.2, -0.15) is 0 Å². The molecule has 1 atom stereocenters. The van der Waals surface area contributed by atoms with Gasteiger partial charge >= 0.3 is 0 Å². The van der Waals surface area contributed by atoms with Crippen molar-refractivity contribution in [3.05, 3.63) is 78.0 Å². The predicted octanol–water partition coefficient (Wildman–Crippen LogP) is 3.37. The Bertz CT molecular complexity index is 704. The van der Waals surface area contributed by atoms with Crippen LogP contribution in [0.4, 0.5) is 0 Å². The number of aromatic nitrogens is 1. The molecule has 0 aliphatic rings. The summed E-state index contributed by atoms with van der Waals surface area (Å²) in [5, 5.41) is 1.16. The zero-order valence-corrected chi connectivity index (χ0v) is 11.9. The highest BCUT2D eigenvalue weighted by Gasteiger charge is 2.13. The topological polar surface area (TPSA) is 50.9 Å². The van der Waals surface area contributed by atoms with Gasteiger partial charge in [0, 0.05) is 17.6 Å². The molecule has 3 nitrogen and oxygen atoms in total. The summed E-state index contributed by atoms with van der Waals surface area (Å²) in [6.07, 6.45) is 3.80. The molecular formula is C18H19N3. The van der Waals surface area contributed by atoms with E-state index in [0.29, 0.717) is 0 Å². The Morgan fingerprint density at radius 1 is 0.952 bits per heavy atom. The number of rotatable bonds is 5. The van der Waals surface area contributed by atoms with Gasteiger partial charge in [-0.3, -0.25) is 16.3 Å². The molecule has 106 valence electrons. The summed E-state index contributed by atoms with van der Waals surface area (Å²) in [4.78, 5) is 4.41. The minimum Gasteiger partial charge on any atom is -0.271 e. The normalized spacial score (nSPS) is 12.4. The number of aryl methyl sites for hydroxylation is 1. The monoisotopic (exact) mass is 277 g/mol. The van der Waals surface area contributed by atoms with Crippen LogP contribution in [0.15, 0.2) is 66.9 Å². The maximum absolute atomic E-state index is 5.79. The molecule has 0 radical (unpaired) electrons. The van der Waals surface area contributed by atoms with E-state index in [2.05, 4.69) is 46.8 Å². The van der Waals surface area contributed by atoms with Crippen LogP contribution in [0.25, 0.3) is 10.9 Å². The second kappa shape index (κ2) is 6.48. The van der Waals surface area contributed by atoms with Gasteiger partial charge in [-0.15, -0.1) is 0 Å². The van der Waals surface area contributed by atoms with Crippen LogP contribution in [0.1, 0.15) is 23.6 Å². The molecule has 3 heteroatoms. The number of nitrogens with one attached hydrogen (secondary N) is 1. The Kier molecular flexibility index (Phi) is 4.24. The van der Waals surface area contributed by atoms with E-state index in [1.165, 1.54) is 11.1 Å². The average Bonchev–Trinajstić information content (AvgIpc) is 2.56. The number of fused-ring (bicyclic) bond motifs is 1. The van der Waals surface area contributed by atoms with Crippen LogP contribution in [0.2, 0.25) is 0 Å². The van der Waals surface area contributed by atoms with Gasteiger partial charge in [0.2, 0.25) is 0 Å². The van der Waals surface area contributed by atoms with Crippen molar-refractivity contribution < 1.29 is 0 Å². The van der Waals surface area contributed by atoms with Crippen LogP contribution in [0.5, 0.6) is 0 Å². The number of para-hydroxylation sites is 1. The Morgan fingerprint density at radius 3 is 2.52 bits per heavy atom. The van der Waals surface area contributed by atoms with Gasteiger partial charge in [-0.05, 0) is 36.1 Å². The molecule has 0 fully saturated rings. The lowest BCUT2D eigenvalue weighted by atomic mass is 9.97. The van der Waals surface area contributed by atoms with Crippen molar-refractivity contribution in [2.45, 2.75) is 18.9 Å². The third kappa shape index (κ3) is 3.10. The number of benzene rings is 2. The maximum atomic E-state index is 5.79. The fourth-order valence-corrected chi connectivity index (χ4v) is 2.71. The first-order chi connectivity index (χ1) is 10.4. The lowest BCUT2D eigenvalue weighted by Crippen LogP contribution is -2.28. The highest BCUT2D eigenvalue weighted by Crippen LogP contribution is 2.25. The molecule has 1 unspecified atom stereocenters. The molecule has 0 aliphatic carbocycles. The van der Waals surface area contributed by atoms with Crippen molar-refractivity contribution >= 4 is 10.9 Å². The second-order valence-corrected chi connectivity index (χ2v) is 5.16. The van der Waals surface area contributed by atoms with E-state index < -0.39 is 0 Å². The number of pyridine rings is 1. The van der Waals surface area contributed by atoms with Crippen LogP contribution >= 0.6 is 0 Å². The van der Waals surface area contributed by atoms with Crippen LogP contribution in [0.3, 0.4) is 0 Å². The molecule has 3 aromatic rings. The quantitative estimate of drug-likeness (QED) is 0.555. The van der Waals surface area contributed by atoms with Crippen LogP contribution in [-0.4, -0.2) is 4.98 Å². The van der Waals surface area contributed by atoms with E-state index in [9.17, 15) is 0 Å². The maximum Gasteiger partial charge on any atom is 0.0705 e. The molecular weight excluding hydrogens is 258 g/mol. The van der Waals surface area contributed by atoms with Crippen molar-refractivity contribution in [3.63, 3.8) is 0 Å². The number of hydrogen-bond acceptors (Lipinski definition) is 3. The second-order valence-electron chi connectivity index (χ2n) is 5.16. The SMILES string of the molecule is NNC(CCc1ccccc1)c1ccnc2ccccc12. The Balaban J connectivity index is 1.85. The van der Waals surface area contributed by atoms with Crippen molar-refractivity contribution in [2.24, 2.45) is 5.84 Å². The first-order valence-corrected chi connectivity index (χ1v) is 7.22. The Hall–Kier alpha value is -2.23. The van der Waals surface area contributed by atoms with Crippen molar-refractivity contribution in [2.75, 3.05) is 0 Å². The van der Waals surface area contributed by atoms with E-state index >= 15 is 0 Å². The molecule has 0 aliphatic heterocycles. The molecule has 2 aromatic carbocycles. The third-order valence-corrected chi connectivity index (χ3v) is 3.82. The molecule has 0 spiro atoms. The fourth-order valence-electron chi connectivity index (χ4n) is 2.71. The minimum absolute atomic E-state index is 0.123. The highest BCUT2D eigenvalue weighted by molar-refractivity contribution is 5.82.